The summed E-state index contributed by atoms with van der Waals surface area (Å²) >= 11 is 0. The molecule has 0 bridgehead atoms. The Balaban J connectivity index is 2.02. The summed E-state index contributed by atoms with van der Waals surface area (Å²) < 4.78 is 5.01. The van der Waals surface area contributed by atoms with Crippen molar-refractivity contribution in [2.75, 3.05) is 6.61 Å². The highest BCUT2D eigenvalue weighted by molar-refractivity contribution is 5.91. The second kappa shape index (κ2) is 5.71. The summed E-state index contributed by atoms with van der Waals surface area (Å²) in [6, 6.07) is 13.3. The average Bonchev–Trinajstić information content (AvgIpc) is 2.55. The quantitative estimate of drug-likeness (QED) is 0.688. The minimum Gasteiger partial charge on any atom is -0.462 e. The van der Waals surface area contributed by atoms with Crippen molar-refractivity contribution in [1.29, 1.82) is 0 Å². The molecular formula is C17H14N2O2. The lowest BCUT2D eigenvalue weighted by molar-refractivity contribution is 0.0526. The molecule has 1 aromatic carbocycles. The average molecular weight is 278 g/mol. The summed E-state index contributed by atoms with van der Waals surface area (Å²) in [5.74, 6) is -0.338. The fourth-order valence-corrected chi connectivity index (χ4v) is 2.14. The lowest BCUT2D eigenvalue weighted by atomic mass is 10.1. The van der Waals surface area contributed by atoms with Crippen molar-refractivity contribution < 1.29 is 9.53 Å². The maximum Gasteiger partial charge on any atom is 0.338 e. The summed E-state index contributed by atoms with van der Waals surface area (Å²) in [4.78, 5) is 20.5. The third-order valence-corrected chi connectivity index (χ3v) is 3.16. The van der Waals surface area contributed by atoms with Crippen molar-refractivity contribution >= 4 is 16.9 Å². The van der Waals surface area contributed by atoms with Crippen LogP contribution in [0.5, 0.6) is 0 Å². The van der Waals surface area contributed by atoms with E-state index in [1.807, 2.05) is 30.3 Å². The van der Waals surface area contributed by atoms with Gasteiger partial charge in [0.15, 0.2) is 0 Å². The van der Waals surface area contributed by atoms with Gasteiger partial charge in [-0.2, -0.15) is 0 Å². The lowest BCUT2D eigenvalue weighted by Crippen LogP contribution is -2.05. The Kier molecular flexibility index (Phi) is 3.60. The van der Waals surface area contributed by atoms with Crippen molar-refractivity contribution in [3.63, 3.8) is 0 Å². The zero-order valence-corrected chi connectivity index (χ0v) is 11.6. The molecule has 0 aliphatic heterocycles. The number of carbonyl (C=O) groups excluding carboxylic acids is 1. The maximum atomic E-state index is 11.8. The topological polar surface area (TPSA) is 52.1 Å². The van der Waals surface area contributed by atoms with E-state index < -0.39 is 0 Å². The van der Waals surface area contributed by atoms with Crippen LogP contribution in [0.4, 0.5) is 0 Å². The Morgan fingerprint density at radius 1 is 1.14 bits per heavy atom. The van der Waals surface area contributed by atoms with Gasteiger partial charge in [0.25, 0.3) is 0 Å². The third-order valence-electron chi connectivity index (χ3n) is 3.16. The molecule has 21 heavy (non-hydrogen) atoms. The first-order valence-electron chi connectivity index (χ1n) is 6.76. The lowest BCUT2D eigenvalue weighted by Gasteiger charge is -2.05. The fourth-order valence-electron chi connectivity index (χ4n) is 2.14. The van der Waals surface area contributed by atoms with E-state index in [4.69, 9.17) is 4.74 Å². The van der Waals surface area contributed by atoms with E-state index in [-0.39, 0.29) is 5.97 Å². The number of ether oxygens (including phenoxy) is 1. The molecule has 0 aliphatic rings. The van der Waals surface area contributed by atoms with Crippen molar-refractivity contribution in [3.8, 4) is 11.3 Å². The summed E-state index contributed by atoms with van der Waals surface area (Å²) in [5, 5.41) is 1.04. The van der Waals surface area contributed by atoms with Crippen molar-refractivity contribution in [2.24, 2.45) is 0 Å². The summed E-state index contributed by atoms with van der Waals surface area (Å²) in [6.07, 6.45) is 3.37. The molecule has 0 saturated carbocycles. The van der Waals surface area contributed by atoms with E-state index in [0.717, 1.165) is 16.5 Å². The van der Waals surface area contributed by atoms with Crippen LogP contribution in [-0.2, 0) is 4.74 Å². The molecule has 0 N–H and O–H groups in total. The SMILES string of the molecule is CCOC(=O)c1ccnc(-c2cnc3ccccc3c2)c1. The molecule has 3 aromatic rings. The monoisotopic (exact) mass is 278 g/mol. The first kappa shape index (κ1) is 13.2. The summed E-state index contributed by atoms with van der Waals surface area (Å²) in [5.41, 5.74) is 3.01. The van der Waals surface area contributed by atoms with Crippen LogP contribution < -0.4 is 0 Å². The molecule has 104 valence electrons. The number of para-hydroxylation sites is 1. The highest BCUT2D eigenvalue weighted by Gasteiger charge is 2.09. The van der Waals surface area contributed by atoms with Crippen LogP contribution >= 0.6 is 0 Å². The van der Waals surface area contributed by atoms with Crippen molar-refractivity contribution in [3.05, 3.63) is 60.4 Å². The van der Waals surface area contributed by atoms with Crippen LogP contribution in [0.3, 0.4) is 0 Å². The zero-order valence-electron chi connectivity index (χ0n) is 11.6. The molecule has 0 atom stereocenters. The molecule has 0 amide bonds. The predicted octanol–water partition coefficient (Wildman–Crippen LogP) is 3.47. The molecule has 2 aromatic heterocycles. The molecule has 0 radical (unpaired) electrons. The van der Waals surface area contributed by atoms with E-state index in [1.165, 1.54) is 0 Å². The predicted molar refractivity (Wildman–Crippen MR) is 80.9 cm³/mol. The van der Waals surface area contributed by atoms with Gasteiger partial charge in [0.1, 0.15) is 0 Å². The molecule has 0 fully saturated rings. The molecule has 3 rings (SSSR count). The van der Waals surface area contributed by atoms with Gasteiger partial charge >= 0.3 is 5.97 Å². The van der Waals surface area contributed by atoms with Gasteiger partial charge in [-0.05, 0) is 31.2 Å². The number of pyridine rings is 2. The molecular weight excluding hydrogens is 264 g/mol. The molecule has 0 spiro atoms. The van der Waals surface area contributed by atoms with Crippen molar-refractivity contribution in [1.82, 2.24) is 9.97 Å². The number of carbonyl (C=O) groups is 1. The van der Waals surface area contributed by atoms with Crippen LogP contribution in [0.1, 0.15) is 17.3 Å². The minimum absolute atomic E-state index is 0.338. The van der Waals surface area contributed by atoms with Crippen LogP contribution in [-0.4, -0.2) is 22.5 Å². The number of hydrogen-bond acceptors (Lipinski definition) is 4. The van der Waals surface area contributed by atoms with E-state index >= 15 is 0 Å². The number of fused-ring (bicyclic) bond motifs is 1. The van der Waals surface area contributed by atoms with Gasteiger partial charge in [-0.1, -0.05) is 18.2 Å². The fraction of sp³-hybridized carbons (Fsp3) is 0.118. The number of rotatable bonds is 3. The summed E-state index contributed by atoms with van der Waals surface area (Å²) in [7, 11) is 0. The van der Waals surface area contributed by atoms with Gasteiger partial charge in [0.05, 0.1) is 23.4 Å². The molecule has 0 unspecified atom stereocenters. The van der Waals surface area contributed by atoms with Crippen LogP contribution in [0.2, 0.25) is 0 Å². The first-order valence-corrected chi connectivity index (χ1v) is 6.76. The van der Waals surface area contributed by atoms with E-state index in [2.05, 4.69) is 9.97 Å². The van der Waals surface area contributed by atoms with Crippen LogP contribution in [0.25, 0.3) is 22.2 Å². The van der Waals surface area contributed by atoms with E-state index in [0.29, 0.717) is 17.9 Å². The minimum atomic E-state index is -0.338. The number of hydrogen-bond donors (Lipinski definition) is 0. The van der Waals surface area contributed by atoms with Gasteiger partial charge in [0, 0.05) is 23.3 Å². The second-order valence-electron chi connectivity index (χ2n) is 4.57. The van der Waals surface area contributed by atoms with Gasteiger partial charge in [-0.15, -0.1) is 0 Å². The summed E-state index contributed by atoms with van der Waals surface area (Å²) in [6.45, 7) is 2.14. The Bertz CT molecular complexity index is 799. The van der Waals surface area contributed by atoms with Gasteiger partial charge < -0.3 is 4.74 Å². The van der Waals surface area contributed by atoms with E-state index in [1.54, 1.807) is 31.5 Å². The molecule has 0 saturated heterocycles. The standard InChI is InChI=1S/C17H14N2O2/c1-2-21-17(20)13-7-8-18-16(10-13)14-9-12-5-3-4-6-15(12)19-11-14/h3-11H,2H2,1H3. The number of benzene rings is 1. The van der Waals surface area contributed by atoms with Gasteiger partial charge in [-0.3, -0.25) is 9.97 Å². The first-order chi connectivity index (χ1) is 10.3. The van der Waals surface area contributed by atoms with E-state index in [9.17, 15) is 4.79 Å². The second-order valence-corrected chi connectivity index (χ2v) is 4.57. The third kappa shape index (κ3) is 2.74. The molecule has 2 heterocycles. The molecule has 4 nitrogen and oxygen atoms in total. The largest absolute Gasteiger partial charge is 0.462 e. The normalized spacial score (nSPS) is 10.5. The zero-order chi connectivity index (χ0) is 14.7. The Morgan fingerprint density at radius 3 is 2.86 bits per heavy atom. The number of aromatic nitrogens is 2. The van der Waals surface area contributed by atoms with Crippen LogP contribution in [0.15, 0.2) is 54.9 Å². The number of esters is 1. The number of nitrogens with zero attached hydrogens (tertiary/aromatic N) is 2. The van der Waals surface area contributed by atoms with Gasteiger partial charge in [-0.25, -0.2) is 4.79 Å². The van der Waals surface area contributed by atoms with Crippen LogP contribution in [0, 0.1) is 0 Å². The maximum absolute atomic E-state index is 11.8. The Labute approximate surface area is 122 Å². The Morgan fingerprint density at radius 2 is 2.00 bits per heavy atom. The Hall–Kier alpha value is -2.75. The highest BCUT2D eigenvalue weighted by Crippen LogP contribution is 2.21. The molecule has 0 aliphatic carbocycles. The molecule has 4 heteroatoms. The highest BCUT2D eigenvalue weighted by atomic mass is 16.5. The van der Waals surface area contributed by atoms with Crippen molar-refractivity contribution in [2.45, 2.75) is 6.92 Å². The van der Waals surface area contributed by atoms with Gasteiger partial charge in [0.2, 0.25) is 0 Å². The smallest absolute Gasteiger partial charge is 0.338 e.